The highest BCUT2D eigenvalue weighted by Gasteiger charge is 2.13. The van der Waals surface area contributed by atoms with Crippen LogP contribution in [0.25, 0.3) is 0 Å². The molecule has 0 atom stereocenters. The monoisotopic (exact) mass is 273 g/mol. The number of benzene rings is 1. The maximum atomic E-state index is 12.1. The number of nitrogens with one attached hydrogen (secondary N) is 1. The molecule has 5 nitrogen and oxygen atoms in total. The molecule has 1 heterocycles. The predicted octanol–water partition coefficient (Wildman–Crippen LogP) is 2.06. The minimum Gasteiger partial charge on any atom is -0.278 e. The molecule has 19 heavy (non-hydrogen) atoms. The van der Waals surface area contributed by atoms with E-state index in [1.165, 1.54) is 30.5 Å². The Morgan fingerprint density at radius 3 is 2.37 bits per heavy atom. The van der Waals surface area contributed by atoms with Gasteiger partial charge in [0.1, 0.15) is 0 Å². The largest absolute Gasteiger partial charge is 0.278 e. The van der Waals surface area contributed by atoms with E-state index in [9.17, 15) is 8.42 Å². The van der Waals surface area contributed by atoms with E-state index in [4.69, 9.17) is 5.26 Å². The third-order valence-electron chi connectivity index (χ3n) is 2.46. The average molecular weight is 273 g/mol. The summed E-state index contributed by atoms with van der Waals surface area (Å²) < 4.78 is 26.6. The summed E-state index contributed by atoms with van der Waals surface area (Å²) in [6.45, 7) is 1.82. The quantitative estimate of drug-likeness (QED) is 0.927. The molecule has 1 aromatic carbocycles. The predicted molar refractivity (Wildman–Crippen MR) is 70.9 cm³/mol. The molecule has 1 N–H and O–H groups in total. The fourth-order valence-electron chi connectivity index (χ4n) is 1.45. The lowest BCUT2D eigenvalue weighted by atomic mass is 10.2. The zero-order valence-electron chi connectivity index (χ0n) is 10.2. The molecule has 0 spiro atoms. The van der Waals surface area contributed by atoms with Gasteiger partial charge in [-0.05, 0) is 43.3 Å². The number of nitriles is 1. The summed E-state index contributed by atoms with van der Waals surface area (Å²) in [7, 11) is -3.65. The van der Waals surface area contributed by atoms with Crippen LogP contribution in [0.5, 0.6) is 0 Å². The minimum absolute atomic E-state index is 0.104. The van der Waals surface area contributed by atoms with Gasteiger partial charge in [-0.1, -0.05) is 0 Å². The maximum absolute atomic E-state index is 12.1. The van der Waals surface area contributed by atoms with Crippen molar-refractivity contribution >= 4 is 15.7 Å². The lowest BCUT2D eigenvalue weighted by Crippen LogP contribution is -2.13. The van der Waals surface area contributed by atoms with Gasteiger partial charge in [-0.15, -0.1) is 0 Å². The van der Waals surface area contributed by atoms with E-state index in [-0.39, 0.29) is 4.90 Å². The topological polar surface area (TPSA) is 82.9 Å². The molecule has 0 aliphatic carbocycles. The fourth-order valence-corrected chi connectivity index (χ4v) is 2.49. The first kappa shape index (κ1) is 13.1. The van der Waals surface area contributed by atoms with Gasteiger partial charge in [0, 0.05) is 5.69 Å². The van der Waals surface area contributed by atoms with Crippen LogP contribution >= 0.6 is 0 Å². The molecule has 1 aromatic heterocycles. The summed E-state index contributed by atoms with van der Waals surface area (Å²) in [5, 5.41) is 8.67. The number of anilines is 1. The standard InChI is InChI=1S/C13H11N3O2S/c1-10-2-5-12(9-15-10)16-19(17,18)13-6-3-11(8-14)4-7-13/h2-7,9,16H,1H3. The number of hydrogen-bond donors (Lipinski definition) is 1. The van der Waals surface area contributed by atoms with Gasteiger partial charge in [-0.25, -0.2) is 8.42 Å². The molecule has 0 bridgehead atoms. The van der Waals surface area contributed by atoms with Crippen molar-refractivity contribution in [2.75, 3.05) is 4.72 Å². The van der Waals surface area contributed by atoms with Crippen LogP contribution in [0.4, 0.5) is 5.69 Å². The number of rotatable bonds is 3. The second kappa shape index (κ2) is 5.08. The van der Waals surface area contributed by atoms with Crippen LogP contribution in [0, 0.1) is 18.3 Å². The van der Waals surface area contributed by atoms with E-state index >= 15 is 0 Å². The number of aryl methyl sites for hydroxylation is 1. The van der Waals surface area contributed by atoms with E-state index in [1.54, 1.807) is 12.1 Å². The lowest BCUT2D eigenvalue weighted by Gasteiger charge is -2.07. The fraction of sp³-hybridized carbons (Fsp3) is 0.0769. The minimum atomic E-state index is -3.65. The van der Waals surface area contributed by atoms with Gasteiger partial charge in [0.2, 0.25) is 0 Å². The molecule has 96 valence electrons. The number of nitrogens with zero attached hydrogens (tertiary/aromatic N) is 2. The Kier molecular flexibility index (Phi) is 3.49. The third-order valence-corrected chi connectivity index (χ3v) is 3.85. The van der Waals surface area contributed by atoms with Gasteiger partial charge in [0.25, 0.3) is 10.0 Å². The van der Waals surface area contributed by atoms with E-state index in [0.29, 0.717) is 11.3 Å². The van der Waals surface area contributed by atoms with Crippen molar-refractivity contribution in [3.8, 4) is 6.07 Å². The van der Waals surface area contributed by atoms with Crippen LogP contribution in [0.3, 0.4) is 0 Å². The Morgan fingerprint density at radius 2 is 1.84 bits per heavy atom. The van der Waals surface area contributed by atoms with Gasteiger partial charge >= 0.3 is 0 Å². The zero-order chi connectivity index (χ0) is 13.9. The molecule has 0 aliphatic rings. The van der Waals surface area contributed by atoms with Crippen LogP contribution < -0.4 is 4.72 Å². The molecule has 6 heteroatoms. The van der Waals surface area contributed by atoms with Crippen LogP contribution in [0.15, 0.2) is 47.5 Å². The average Bonchev–Trinajstić information content (AvgIpc) is 2.41. The number of sulfonamides is 1. The highest BCUT2D eigenvalue weighted by molar-refractivity contribution is 7.92. The highest BCUT2D eigenvalue weighted by Crippen LogP contribution is 2.15. The number of hydrogen-bond acceptors (Lipinski definition) is 4. The second-order valence-corrected chi connectivity index (χ2v) is 5.61. The molecular formula is C13H11N3O2S. The van der Waals surface area contributed by atoms with Crippen LogP contribution in [0.1, 0.15) is 11.3 Å². The molecule has 0 radical (unpaired) electrons. The van der Waals surface area contributed by atoms with E-state index < -0.39 is 10.0 Å². The van der Waals surface area contributed by atoms with Crippen LogP contribution in [-0.2, 0) is 10.0 Å². The summed E-state index contributed by atoms with van der Waals surface area (Å²) in [5.41, 5.74) is 1.62. The first-order valence-corrected chi connectivity index (χ1v) is 6.95. The Labute approximate surface area is 111 Å². The summed E-state index contributed by atoms with van der Waals surface area (Å²) >= 11 is 0. The van der Waals surface area contributed by atoms with Crippen LogP contribution in [-0.4, -0.2) is 13.4 Å². The van der Waals surface area contributed by atoms with E-state index in [0.717, 1.165) is 5.69 Å². The Bertz CT molecular complexity index is 714. The third kappa shape index (κ3) is 3.09. The van der Waals surface area contributed by atoms with Crippen molar-refractivity contribution in [2.45, 2.75) is 11.8 Å². The maximum Gasteiger partial charge on any atom is 0.261 e. The Balaban J connectivity index is 2.27. The van der Waals surface area contributed by atoms with Crippen molar-refractivity contribution in [3.05, 3.63) is 53.9 Å². The van der Waals surface area contributed by atoms with Crippen molar-refractivity contribution in [3.63, 3.8) is 0 Å². The van der Waals surface area contributed by atoms with Crippen molar-refractivity contribution in [1.82, 2.24) is 4.98 Å². The van der Waals surface area contributed by atoms with Gasteiger partial charge in [0.15, 0.2) is 0 Å². The smallest absolute Gasteiger partial charge is 0.261 e. The summed E-state index contributed by atoms with van der Waals surface area (Å²) in [6.07, 6.45) is 1.45. The summed E-state index contributed by atoms with van der Waals surface area (Å²) in [5.74, 6) is 0. The first-order chi connectivity index (χ1) is 9.01. The number of aromatic nitrogens is 1. The molecule has 0 aliphatic heterocycles. The van der Waals surface area contributed by atoms with Gasteiger partial charge in [-0.2, -0.15) is 5.26 Å². The first-order valence-electron chi connectivity index (χ1n) is 5.47. The number of pyridine rings is 1. The highest BCUT2D eigenvalue weighted by atomic mass is 32.2. The van der Waals surface area contributed by atoms with Crippen molar-refractivity contribution < 1.29 is 8.42 Å². The normalized spacial score (nSPS) is 10.7. The molecule has 0 unspecified atom stereocenters. The Hall–Kier alpha value is -2.39. The zero-order valence-corrected chi connectivity index (χ0v) is 11.0. The molecule has 0 saturated heterocycles. The van der Waals surface area contributed by atoms with Gasteiger partial charge in [-0.3, -0.25) is 9.71 Å². The molecule has 2 rings (SSSR count). The van der Waals surface area contributed by atoms with Gasteiger partial charge in [0.05, 0.1) is 28.4 Å². The van der Waals surface area contributed by atoms with Crippen molar-refractivity contribution in [2.24, 2.45) is 0 Å². The molecule has 0 saturated carbocycles. The molecule has 0 fully saturated rings. The SMILES string of the molecule is Cc1ccc(NS(=O)(=O)c2ccc(C#N)cc2)cn1. The van der Waals surface area contributed by atoms with E-state index in [1.807, 2.05) is 13.0 Å². The molecule has 0 amide bonds. The lowest BCUT2D eigenvalue weighted by molar-refractivity contribution is 0.601. The Morgan fingerprint density at radius 1 is 1.16 bits per heavy atom. The van der Waals surface area contributed by atoms with Gasteiger partial charge < -0.3 is 0 Å². The molecular weight excluding hydrogens is 262 g/mol. The molecule has 2 aromatic rings. The van der Waals surface area contributed by atoms with E-state index in [2.05, 4.69) is 9.71 Å². The van der Waals surface area contributed by atoms with Crippen LogP contribution in [0.2, 0.25) is 0 Å². The summed E-state index contributed by atoms with van der Waals surface area (Å²) in [4.78, 5) is 4.12. The summed E-state index contributed by atoms with van der Waals surface area (Å²) in [6, 6.07) is 11.0. The van der Waals surface area contributed by atoms with Crippen molar-refractivity contribution in [1.29, 1.82) is 5.26 Å². The second-order valence-electron chi connectivity index (χ2n) is 3.93.